The quantitative estimate of drug-likeness (QED) is 0.703. The minimum atomic E-state index is 0.0687. The number of hydrogen-bond donors (Lipinski definition) is 2. The van der Waals surface area contributed by atoms with Gasteiger partial charge in [-0.2, -0.15) is 0 Å². The van der Waals surface area contributed by atoms with Crippen LogP contribution >= 0.6 is 11.3 Å². The molecule has 0 atom stereocenters. The number of rotatable bonds is 3. The number of amides is 1. The van der Waals surface area contributed by atoms with Crippen molar-refractivity contribution in [2.45, 2.75) is 38.1 Å². The molecule has 1 aromatic carbocycles. The lowest BCUT2D eigenvalue weighted by molar-refractivity contribution is 0.0928. The standard InChI is InChI=1S/C19H20N2OS/c22-19(21-14-6-2-1-3-7-14)13-10-18(23-12-13)16-11-20-17-9-5-4-8-15(16)17/h4-5,8-12,14,20H,1-3,6-7H2,(H,21,22). The Kier molecular flexibility index (Phi) is 3.92. The van der Waals surface area contributed by atoms with E-state index in [0.29, 0.717) is 6.04 Å². The second-order valence-corrected chi connectivity index (χ2v) is 7.17. The molecular formula is C19H20N2OS. The summed E-state index contributed by atoms with van der Waals surface area (Å²) in [4.78, 5) is 16.9. The number of para-hydroxylation sites is 1. The predicted molar refractivity (Wildman–Crippen MR) is 96.0 cm³/mol. The number of carbonyl (C=O) groups is 1. The SMILES string of the molecule is O=C(NC1CCCCC1)c1csc(-c2c[nH]c3ccccc23)c1. The van der Waals surface area contributed by atoms with E-state index in [9.17, 15) is 4.79 Å². The maximum Gasteiger partial charge on any atom is 0.252 e. The molecule has 4 heteroatoms. The molecule has 1 saturated carbocycles. The number of thiophene rings is 1. The zero-order valence-electron chi connectivity index (χ0n) is 13.0. The Morgan fingerprint density at radius 2 is 2.00 bits per heavy atom. The van der Waals surface area contributed by atoms with Crippen LogP contribution in [-0.4, -0.2) is 16.9 Å². The Morgan fingerprint density at radius 3 is 2.87 bits per heavy atom. The van der Waals surface area contributed by atoms with Crippen LogP contribution in [0.4, 0.5) is 0 Å². The van der Waals surface area contributed by atoms with Crippen LogP contribution < -0.4 is 5.32 Å². The average molecular weight is 324 g/mol. The van der Waals surface area contributed by atoms with Crippen molar-refractivity contribution in [1.29, 1.82) is 0 Å². The molecule has 0 saturated heterocycles. The molecule has 0 bridgehead atoms. The average Bonchev–Trinajstić information content (AvgIpc) is 3.22. The van der Waals surface area contributed by atoms with Crippen molar-refractivity contribution in [2.24, 2.45) is 0 Å². The van der Waals surface area contributed by atoms with Gasteiger partial charge in [0.1, 0.15) is 0 Å². The number of carbonyl (C=O) groups excluding carboxylic acids is 1. The summed E-state index contributed by atoms with van der Waals surface area (Å²) >= 11 is 1.63. The van der Waals surface area contributed by atoms with Gasteiger partial charge in [0.25, 0.3) is 5.91 Å². The molecule has 0 radical (unpaired) electrons. The minimum Gasteiger partial charge on any atom is -0.361 e. The van der Waals surface area contributed by atoms with E-state index < -0.39 is 0 Å². The van der Waals surface area contributed by atoms with Crippen molar-refractivity contribution in [2.75, 3.05) is 0 Å². The molecule has 1 aliphatic carbocycles. The van der Waals surface area contributed by atoms with Crippen LogP contribution in [-0.2, 0) is 0 Å². The zero-order chi connectivity index (χ0) is 15.6. The molecule has 3 nitrogen and oxygen atoms in total. The summed E-state index contributed by atoms with van der Waals surface area (Å²) in [6.45, 7) is 0. The zero-order valence-corrected chi connectivity index (χ0v) is 13.8. The first kappa shape index (κ1) is 14.5. The molecule has 0 unspecified atom stereocenters. The van der Waals surface area contributed by atoms with Crippen molar-refractivity contribution in [3.8, 4) is 10.4 Å². The van der Waals surface area contributed by atoms with E-state index in [4.69, 9.17) is 0 Å². The first-order valence-corrected chi connectivity index (χ1v) is 9.15. The van der Waals surface area contributed by atoms with Gasteiger partial charge < -0.3 is 10.3 Å². The highest BCUT2D eigenvalue weighted by Crippen LogP contribution is 2.33. The van der Waals surface area contributed by atoms with Gasteiger partial charge in [0.2, 0.25) is 0 Å². The number of nitrogens with one attached hydrogen (secondary N) is 2. The number of fused-ring (bicyclic) bond motifs is 1. The van der Waals surface area contributed by atoms with Gasteiger partial charge in [-0.25, -0.2) is 0 Å². The van der Waals surface area contributed by atoms with E-state index in [-0.39, 0.29) is 5.91 Å². The molecule has 1 fully saturated rings. The Labute approximate surface area is 139 Å². The monoisotopic (exact) mass is 324 g/mol. The molecule has 23 heavy (non-hydrogen) atoms. The smallest absolute Gasteiger partial charge is 0.252 e. The fourth-order valence-electron chi connectivity index (χ4n) is 3.39. The largest absolute Gasteiger partial charge is 0.361 e. The summed E-state index contributed by atoms with van der Waals surface area (Å²) in [5, 5.41) is 6.36. The molecule has 0 spiro atoms. The Morgan fingerprint density at radius 1 is 1.17 bits per heavy atom. The maximum atomic E-state index is 12.4. The summed E-state index contributed by atoms with van der Waals surface area (Å²) in [5.41, 5.74) is 3.08. The molecule has 0 aliphatic heterocycles. The second-order valence-electron chi connectivity index (χ2n) is 6.26. The van der Waals surface area contributed by atoms with Gasteiger partial charge in [-0.3, -0.25) is 4.79 Å². The third-order valence-electron chi connectivity index (χ3n) is 4.66. The molecule has 2 aromatic heterocycles. The summed E-state index contributed by atoms with van der Waals surface area (Å²) in [6, 6.07) is 10.6. The van der Waals surface area contributed by atoms with Crippen LogP contribution in [0.5, 0.6) is 0 Å². The van der Waals surface area contributed by atoms with Crippen molar-refractivity contribution in [3.05, 3.63) is 47.5 Å². The molecule has 118 valence electrons. The van der Waals surface area contributed by atoms with E-state index in [1.807, 2.05) is 29.8 Å². The molecule has 2 heterocycles. The highest BCUT2D eigenvalue weighted by atomic mass is 32.1. The lowest BCUT2D eigenvalue weighted by atomic mass is 9.95. The Hall–Kier alpha value is -2.07. The van der Waals surface area contributed by atoms with Crippen molar-refractivity contribution < 1.29 is 4.79 Å². The normalized spacial score (nSPS) is 15.8. The van der Waals surface area contributed by atoms with Crippen LogP contribution in [0.2, 0.25) is 0 Å². The van der Waals surface area contributed by atoms with E-state index in [1.165, 1.54) is 30.2 Å². The van der Waals surface area contributed by atoms with E-state index >= 15 is 0 Å². The van der Waals surface area contributed by atoms with Crippen molar-refractivity contribution >= 4 is 28.1 Å². The molecule has 1 aliphatic rings. The third kappa shape index (κ3) is 2.91. The van der Waals surface area contributed by atoms with Gasteiger partial charge in [0, 0.05) is 39.0 Å². The van der Waals surface area contributed by atoms with Crippen LogP contribution in [0.15, 0.2) is 41.9 Å². The first-order chi connectivity index (χ1) is 11.3. The fourth-order valence-corrected chi connectivity index (χ4v) is 4.31. The van der Waals surface area contributed by atoms with E-state index in [1.54, 1.807) is 11.3 Å². The van der Waals surface area contributed by atoms with Gasteiger partial charge in [-0.05, 0) is 25.0 Å². The number of benzene rings is 1. The summed E-state index contributed by atoms with van der Waals surface area (Å²) < 4.78 is 0. The van der Waals surface area contributed by atoms with Gasteiger partial charge in [-0.1, -0.05) is 37.5 Å². The second kappa shape index (κ2) is 6.20. The van der Waals surface area contributed by atoms with Crippen LogP contribution in [0.1, 0.15) is 42.5 Å². The molecule has 4 rings (SSSR count). The van der Waals surface area contributed by atoms with E-state index in [2.05, 4.69) is 22.4 Å². The van der Waals surface area contributed by atoms with Crippen LogP contribution in [0, 0.1) is 0 Å². The number of hydrogen-bond acceptors (Lipinski definition) is 2. The number of aromatic nitrogens is 1. The molecule has 2 N–H and O–H groups in total. The van der Waals surface area contributed by atoms with Crippen LogP contribution in [0.25, 0.3) is 21.3 Å². The summed E-state index contributed by atoms with van der Waals surface area (Å²) in [6.07, 6.45) is 8.02. The third-order valence-corrected chi connectivity index (χ3v) is 5.62. The lowest BCUT2D eigenvalue weighted by Crippen LogP contribution is -2.35. The van der Waals surface area contributed by atoms with Crippen LogP contribution in [0.3, 0.4) is 0 Å². The van der Waals surface area contributed by atoms with Crippen molar-refractivity contribution in [1.82, 2.24) is 10.3 Å². The summed E-state index contributed by atoms with van der Waals surface area (Å²) in [5.74, 6) is 0.0687. The van der Waals surface area contributed by atoms with Gasteiger partial charge >= 0.3 is 0 Å². The van der Waals surface area contributed by atoms with E-state index in [0.717, 1.165) is 28.8 Å². The highest BCUT2D eigenvalue weighted by Gasteiger charge is 2.18. The highest BCUT2D eigenvalue weighted by molar-refractivity contribution is 7.14. The molecule has 1 amide bonds. The molecular weight excluding hydrogens is 304 g/mol. The summed E-state index contributed by atoms with van der Waals surface area (Å²) in [7, 11) is 0. The topological polar surface area (TPSA) is 44.9 Å². The first-order valence-electron chi connectivity index (χ1n) is 8.27. The lowest BCUT2D eigenvalue weighted by Gasteiger charge is -2.22. The molecule has 3 aromatic rings. The number of H-pyrrole nitrogens is 1. The maximum absolute atomic E-state index is 12.4. The minimum absolute atomic E-state index is 0.0687. The van der Waals surface area contributed by atoms with Gasteiger partial charge in [0.05, 0.1) is 5.56 Å². The Balaban J connectivity index is 1.55. The number of aromatic amines is 1. The van der Waals surface area contributed by atoms with Gasteiger partial charge in [-0.15, -0.1) is 11.3 Å². The van der Waals surface area contributed by atoms with Crippen molar-refractivity contribution in [3.63, 3.8) is 0 Å². The fraction of sp³-hybridized carbons (Fsp3) is 0.316. The Bertz CT molecular complexity index is 827. The predicted octanol–water partition coefficient (Wildman–Crippen LogP) is 4.96. The van der Waals surface area contributed by atoms with Gasteiger partial charge in [0.15, 0.2) is 0 Å².